The second-order valence-electron chi connectivity index (χ2n) is 5.17. The third-order valence-electron chi connectivity index (χ3n) is 2.71. The van der Waals surface area contributed by atoms with Crippen LogP contribution in [0.1, 0.15) is 20.3 Å². The molecule has 0 aromatic rings. The average molecular weight is 293 g/mol. The van der Waals surface area contributed by atoms with Gasteiger partial charge in [0.1, 0.15) is 6.61 Å². The van der Waals surface area contributed by atoms with Crippen molar-refractivity contribution in [1.82, 2.24) is 5.32 Å². The van der Waals surface area contributed by atoms with E-state index in [0.29, 0.717) is 25.6 Å². The first-order chi connectivity index (χ1) is 8.89. The zero-order valence-electron chi connectivity index (χ0n) is 11.6. The molecule has 0 aliphatic carbocycles. The van der Waals surface area contributed by atoms with Gasteiger partial charge in [0.05, 0.1) is 24.7 Å². The molecule has 0 amide bonds. The van der Waals surface area contributed by atoms with Crippen LogP contribution in [0.15, 0.2) is 0 Å². The molecule has 1 atom stereocenters. The minimum Gasteiger partial charge on any atom is -0.462 e. The highest BCUT2D eigenvalue weighted by molar-refractivity contribution is 7.91. The number of hydrogen-bond donors (Lipinski definition) is 1. The zero-order valence-corrected chi connectivity index (χ0v) is 12.4. The number of nitrogens with one attached hydrogen (secondary N) is 1. The molecule has 19 heavy (non-hydrogen) atoms. The van der Waals surface area contributed by atoms with Crippen molar-refractivity contribution in [2.45, 2.75) is 26.3 Å². The molecule has 1 aliphatic heterocycles. The van der Waals surface area contributed by atoms with Gasteiger partial charge in [-0.05, 0) is 12.3 Å². The lowest BCUT2D eigenvalue weighted by Gasteiger charge is -2.11. The van der Waals surface area contributed by atoms with Crippen molar-refractivity contribution in [3.63, 3.8) is 0 Å². The summed E-state index contributed by atoms with van der Waals surface area (Å²) in [6.45, 7) is 5.41. The predicted molar refractivity (Wildman–Crippen MR) is 71.7 cm³/mol. The van der Waals surface area contributed by atoms with Crippen LogP contribution < -0.4 is 5.32 Å². The first kappa shape index (κ1) is 16.4. The first-order valence-electron chi connectivity index (χ1n) is 6.56. The van der Waals surface area contributed by atoms with Gasteiger partial charge in [-0.25, -0.2) is 8.42 Å². The maximum Gasteiger partial charge on any atom is 0.320 e. The normalized spacial score (nSPS) is 21.7. The topological polar surface area (TPSA) is 81.7 Å². The molecule has 6 nitrogen and oxygen atoms in total. The van der Waals surface area contributed by atoms with Crippen molar-refractivity contribution < 1.29 is 22.7 Å². The van der Waals surface area contributed by atoms with Gasteiger partial charge in [0, 0.05) is 12.6 Å². The molecule has 1 rings (SSSR count). The van der Waals surface area contributed by atoms with Crippen molar-refractivity contribution in [3.05, 3.63) is 0 Å². The molecule has 1 fully saturated rings. The number of carbonyl (C=O) groups is 1. The van der Waals surface area contributed by atoms with Gasteiger partial charge in [0.25, 0.3) is 0 Å². The van der Waals surface area contributed by atoms with E-state index in [1.54, 1.807) is 0 Å². The summed E-state index contributed by atoms with van der Waals surface area (Å²) < 4.78 is 32.7. The van der Waals surface area contributed by atoms with Gasteiger partial charge in [-0.3, -0.25) is 4.79 Å². The minimum absolute atomic E-state index is 0.0460. The third kappa shape index (κ3) is 7.49. The van der Waals surface area contributed by atoms with Crippen LogP contribution in [-0.4, -0.2) is 58.3 Å². The Kier molecular flexibility index (Phi) is 6.74. The van der Waals surface area contributed by atoms with Gasteiger partial charge < -0.3 is 14.8 Å². The Morgan fingerprint density at radius 3 is 2.68 bits per heavy atom. The van der Waals surface area contributed by atoms with Gasteiger partial charge in [-0.1, -0.05) is 13.8 Å². The largest absolute Gasteiger partial charge is 0.462 e. The van der Waals surface area contributed by atoms with Crippen molar-refractivity contribution in [3.8, 4) is 0 Å². The lowest BCUT2D eigenvalue weighted by Crippen LogP contribution is -2.35. The third-order valence-corrected chi connectivity index (χ3v) is 4.48. The molecule has 0 aromatic heterocycles. The molecule has 1 aliphatic rings. The Hall–Kier alpha value is -0.660. The standard InChI is InChI=1S/C12H23NO5S/c1-10(2)8-17-4-5-18-12(14)7-13-11-3-6-19(15,16)9-11/h10-11,13H,3-9H2,1-2H3. The molecule has 112 valence electrons. The van der Waals surface area contributed by atoms with Crippen LogP contribution >= 0.6 is 0 Å². The van der Waals surface area contributed by atoms with Crippen molar-refractivity contribution in [1.29, 1.82) is 0 Å². The van der Waals surface area contributed by atoms with Crippen LogP contribution in [0.4, 0.5) is 0 Å². The van der Waals surface area contributed by atoms with Crippen LogP contribution in [0.5, 0.6) is 0 Å². The van der Waals surface area contributed by atoms with E-state index in [1.807, 2.05) is 13.8 Å². The number of esters is 1. The fourth-order valence-electron chi connectivity index (χ4n) is 1.77. The minimum atomic E-state index is -2.91. The van der Waals surface area contributed by atoms with Crippen molar-refractivity contribution in [2.24, 2.45) is 5.92 Å². The highest BCUT2D eigenvalue weighted by Gasteiger charge is 2.27. The molecule has 0 saturated carbocycles. The number of carbonyl (C=O) groups excluding carboxylic acids is 1. The lowest BCUT2D eigenvalue weighted by molar-refractivity contribution is -0.144. The van der Waals surface area contributed by atoms with E-state index in [-0.39, 0.29) is 36.7 Å². The molecule has 0 aromatic carbocycles. The Morgan fingerprint density at radius 2 is 2.11 bits per heavy atom. The highest BCUT2D eigenvalue weighted by atomic mass is 32.2. The maximum absolute atomic E-state index is 11.4. The van der Waals surface area contributed by atoms with Crippen molar-refractivity contribution >= 4 is 15.8 Å². The van der Waals surface area contributed by atoms with E-state index < -0.39 is 9.84 Å². The molecule has 1 N–H and O–H groups in total. The molecular weight excluding hydrogens is 270 g/mol. The quantitative estimate of drug-likeness (QED) is 0.500. The molecule has 0 bridgehead atoms. The van der Waals surface area contributed by atoms with Gasteiger partial charge in [-0.15, -0.1) is 0 Å². The fraction of sp³-hybridized carbons (Fsp3) is 0.917. The average Bonchev–Trinajstić information content (AvgIpc) is 2.65. The highest BCUT2D eigenvalue weighted by Crippen LogP contribution is 2.10. The predicted octanol–water partition coefficient (Wildman–Crippen LogP) is -0.0211. The maximum atomic E-state index is 11.4. The summed E-state index contributed by atoms with van der Waals surface area (Å²) in [6, 6.07) is -0.130. The molecule has 1 unspecified atom stereocenters. The number of ether oxygens (including phenoxy) is 2. The SMILES string of the molecule is CC(C)COCCOC(=O)CNC1CCS(=O)(=O)C1. The van der Waals surface area contributed by atoms with Gasteiger partial charge in [0.15, 0.2) is 9.84 Å². The Labute approximate surface area is 114 Å². The summed E-state index contributed by atoms with van der Waals surface area (Å²) in [5, 5.41) is 2.90. The molecule has 1 saturated heterocycles. The van der Waals surface area contributed by atoms with E-state index in [0.717, 1.165) is 0 Å². The van der Waals surface area contributed by atoms with Crippen LogP contribution in [-0.2, 0) is 24.1 Å². The van der Waals surface area contributed by atoms with E-state index in [2.05, 4.69) is 5.32 Å². The van der Waals surface area contributed by atoms with E-state index >= 15 is 0 Å². The monoisotopic (exact) mass is 293 g/mol. The summed E-state index contributed by atoms with van der Waals surface area (Å²) in [4.78, 5) is 11.4. The molecule has 1 heterocycles. The summed E-state index contributed by atoms with van der Waals surface area (Å²) in [5.74, 6) is 0.389. The summed E-state index contributed by atoms with van der Waals surface area (Å²) >= 11 is 0. The van der Waals surface area contributed by atoms with Gasteiger partial charge >= 0.3 is 5.97 Å². The molecule has 0 spiro atoms. The number of hydrogen-bond acceptors (Lipinski definition) is 6. The molecule has 0 radical (unpaired) electrons. The Balaban J connectivity index is 2.02. The first-order valence-corrected chi connectivity index (χ1v) is 8.38. The van der Waals surface area contributed by atoms with Crippen LogP contribution in [0.3, 0.4) is 0 Å². The van der Waals surface area contributed by atoms with Crippen molar-refractivity contribution in [2.75, 3.05) is 37.9 Å². The second-order valence-corrected chi connectivity index (χ2v) is 7.40. The van der Waals surface area contributed by atoms with E-state index in [9.17, 15) is 13.2 Å². The Morgan fingerprint density at radius 1 is 1.37 bits per heavy atom. The van der Waals surface area contributed by atoms with E-state index in [1.165, 1.54) is 0 Å². The summed E-state index contributed by atoms with van der Waals surface area (Å²) in [7, 11) is -2.91. The Bertz CT molecular complexity index is 380. The zero-order chi connectivity index (χ0) is 14.3. The summed E-state index contributed by atoms with van der Waals surface area (Å²) in [6.07, 6.45) is 0.563. The number of sulfone groups is 1. The van der Waals surface area contributed by atoms with Crippen LogP contribution in [0.25, 0.3) is 0 Å². The van der Waals surface area contributed by atoms with Gasteiger partial charge in [-0.2, -0.15) is 0 Å². The lowest BCUT2D eigenvalue weighted by atomic mass is 10.2. The second kappa shape index (κ2) is 7.81. The van der Waals surface area contributed by atoms with Crippen LogP contribution in [0.2, 0.25) is 0 Å². The molecule has 7 heteroatoms. The smallest absolute Gasteiger partial charge is 0.320 e. The number of rotatable bonds is 8. The molecular formula is C12H23NO5S. The van der Waals surface area contributed by atoms with E-state index in [4.69, 9.17) is 9.47 Å². The fourth-order valence-corrected chi connectivity index (χ4v) is 3.48. The summed E-state index contributed by atoms with van der Waals surface area (Å²) in [5.41, 5.74) is 0. The van der Waals surface area contributed by atoms with Crippen LogP contribution in [0, 0.1) is 5.92 Å². The van der Waals surface area contributed by atoms with Gasteiger partial charge in [0.2, 0.25) is 0 Å².